The number of rotatable bonds is 7. The topological polar surface area (TPSA) is 31.6 Å². The fraction of sp³-hybridized carbons (Fsp3) is 0.750. The molecule has 1 aliphatic heterocycles. The van der Waals surface area contributed by atoms with E-state index in [1.165, 1.54) is 45.6 Å². The quantitative estimate of drug-likeness (QED) is 0.773. The summed E-state index contributed by atoms with van der Waals surface area (Å²) in [5, 5.41) is 3.47. The molecule has 1 fully saturated rings. The Balaban J connectivity index is 1.55. The number of nitrogens with zero attached hydrogens (tertiary/aromatic N) is 2. The summed E-state index contributed by atoms with van der Waals surface area (Å²) in [7, 11) is 2.22. The highest BCUT2D eigenvalue weighted by molar-refractivity contribution is 5.06. The molecule has 4 nitrogen and oxygen atoms in total. The van der Waals surface area contributed by atoms with Gasteiger partial charge in [-0.25, -0.2) is 0 Å². The van der Waals surface area contributed by atoms with Crippen molar-refractivity contribution in [3.05, 3.63) is 23.7 Å². The van der Waals surface area contributed by atoms with E-state index in [2.05, 4.69) is 41.2 Å². The van der Waals surface area contributed by atoms with Gasteiger partial charge in [0.1, 0.15) is 11.5 Å². The van der Waals surface area contributed by atoms with Crippen LogP contribution in [0.5, 0.6) is 0 Å². The minimum atomic E-state index is 0.850. The summed E-state index contributed by atoms with van der Waals surface area (Å²) < 4.78 is 5.68. The van der Waals surface area contributed by atoms with Crippen molar-refractivity contribution < 1.29 is 4.42 Å². The number of likely N-dealkylation sites (N-methyl/N-ethyl adjacent to an activating group) is 1. The normalized spacial score (nSPS) is 18.3. The molecule has 114 valence electrons. The molecule has 0 saturated carbocycles. The van der Waals surface area contributed by atoms with Crippen LogP contribution in [0.4, 0.5) is 0 Å². The van der Waals surface area contributed by atoms with Crippen LogP contribution in [-0.2, 0) is 13.0 Å². The van der Waals surface area contributed by atoms with Gasteiger partial charge >= 0.3 is 0 Å². The first-order valence-corrected chi connectivity index (χ1v) is 7.97. The molecule has 0 spiro atoms. The molecule has 0 atom stereocenters. The highest BCUT2D eigenvalue weighted by Crippen LogP contribution is 2.07. The van der Waals surface area contributed by atoms with Crippen LogP contribution in [0, 0.1) is 0 Å². The van der Waals surface area contributed by atoms with Crippen molar-refractivity contribution in [3.63, 3.8) is 0 Å². The molecule has 1 aromatic rings. The molecule has 0 amide bonds. The average molecular weight is 279 g/mol. The van der Waals surface area contributed by atoms with Crippen LogP contribution in [0.25, 0.3) is 0 Å². The lowest BCUT2D eigenvalue weighted by Gasteiger charge is -2.19. The molecule has 0 unspecified atom stereocenters. The first-order valence-electron chi connectivity index (χ1n) is 7.97. The molecule has 4 heteroatoms. The van der Waals surface area contributed by atoms with Gasteiger partial charge in [-0.1, -0.05) is 6.92 Å². The van der Waals surface area contributed by atoms with Crippen LogP contribution in [-0.4, -0.2) is 56.1 Å². The van der Waals surface area contributed by atoms with Crippen molar-refractivity contribution in [2.24, 2.45) is 0 Å². The van der Waals surface area contributed by atoms with Crippen molar-refractivity contribution in [1.29, 1.82) is 0 Å². The summed E-state index contributed by atoms with van der Waals surface area (Å²) in [4.78, 5) is 5.02. The van der Waals surface area contributed by atoms with Gasteiger partial charge in [0.25, 0.3) is 0 Å². The first kappa shape index (κ1) is 15.5. The molecule has 1 aliphatic rings. The molecule has 1 N–H and O–H groups in total. The van der Waals surface area contributed by atoms with Gasteiger partial charge in [0.2, 0.25) is 0 Å². The van der Waals surface area contributed by atoms with Crippen molar-refractivity contribution in [2.75, 3.05) is 46.3 Å². The molecule has 2 rings (SSSR count). The number of hydrogen-bond donors (Lipinski definition) is 1. The third-order valence-corrected chi connectivity index (χ3v) is 4.01. The lowest BCUT2D eigenvalue weighted by atomic mass is 10.3. The molecule has 20 heavy (non-hydrogen) atoms. The van der Waals surface area contributed by atoms with Crippen molar-refractivity contribution in [2.45, 2.75) is 32.7 Å². The van der Waals surface area contributed by atoms with Gasteiger partial charge in [-0.3, -0.25) is 0 Å². The minimum absolute atomic E-state index is 0.850. The summed E-state index contributed by atoms with van der Waals surface area (Å²) in [5.41, 5.74) is 0. The zero-order valence-corrected chi connectivity index (χ0v) is 13.0. The third kappa shape index (κ3) is 5.27. The largest absolute Gasteiger partial charge is 0.465 e. The predicted molar refractivity (Wildman–Crippen MR) is 83.0 cm³/mol. The SMILES string of the molecule is CCc1ccc(CNCCCN2CCCN(C)CC2)o1. The molecule has 1 saturated heterocycles. The van der Waals surface area contributed by atoms with Crippen LogP contribution in [0.3, 0.4) is 0 Å². The Kier molecular flexibility index (Phi) is 6.57. The zero-order valence-electron chi connectivity index (χ0n) is 13.0. The van der Waals surface area contributed by atoms with E-state index in [1.54, 1.807) is 0 Å². The van der Waals surface area contributed by atoms with Crippen molar-refractivity contribution >= 4 is 0 Å². The van der Waals surface area contributed by atoms with Gasteiger partial charge in [-0.05, 0) is 58.2 Å². The Morgan fingerprint density at radius 2 is 2.00 bits per heavy atom. The number of hydrogen-bond acceptors (Lipinski definition) is 4. The predicted octanol–water partition coefficient (Wildman–Crippen LogP) is 1.96. The van der Waals surface area contributed by atoms with Crippen molar-refractivity contribution in [3.8, 4) is 0 Å². The van der Waals surface area contributed by atoms with Gasteiger partial charge < -0.3 is 19.5 Å². The molecular formula is C16H29N3O. The molecule has 1 aromatic heterocycles. The van der Waals surface area contributed by atoms with Gasteiger partial charge in [0.15, 0.2) is 0 Å². The standard InChI is InChI=1S/C16H29N3O/c1-3-15-6-7-16(20-15)14-17-8-4-10-19-11-5-9-18(2)12-13-19/h6-7,17H,3-5,8-14H2,1-2H3. The smallest absolute Gasteiger partial charge is 0.117 e. The Morgan fingerprint density at radius 3 is 2.80 bits per heavy atom. The average Bonchev–Trinajstić information content (AvgIpc) is 2.81. The van der Waals surface area contributed by atoms with E-state index in [9.17, 15) is 0 Å². The van der Waals surface area contributed by atoms with Crippen LogP contribution in [0.2, 0.25) is 0 Å². The highest BCUT2D eigenvalue weighted by atomic mass is 16.3. The molecule has 0 aromatic carbocycles. The number of furan rings is 1. The maximum Gasteiger partial charge on any atom is 0.117 e. The van der Waals surface area contributed by atoms with Crippen LogP contribution < -0.4 is 5.32 Å². The van der Waals surface area contributed by atoms with Crippen LogP contribution >= 0.6 is 0 Å². The van der Waals surface area contributed by atoms with Gasteiger partial charge in [0, 0.05) is 19.5 Å². The molecule has 0 radical (unpaired) electrons. The Bertz CT molecular complexity index is 378. The first-order chi connectivity index (χ1) is 9.78. The maximum atomic E-state index is 5.68. The third-order valence-electron chi connectivity index (χ3n) is 4.01. The fourth-order valence-corrected chi connectivity index (χ4v) is 2.67. The lowest BCUT2D eigenvalue weighted by molar-refractivity contribution is 0.272. The second-order valence-corrected chi connectivity index (χ2v) is 5.75. The van der Waals surface area contributed by atoms with E-state index in [1.807, 2.05) is 0 Å². The summed E-state index contributed by atoms with van der Waals surface area (Å²) >= 11 is 0. The molecule has 0 bridgehead atoms. The lowest BCUT2D eigenvalue weighted by Crippen LogP contribution is -2.31. The van der Waals surface area contributed by atoms with Gasteiger partial charge in [-0.2, -0.15) is 0 Å². The van der Waals surface area contributed by atoms with E-state index >= 15 is 0 Å². The van der Waals surface area contributed by atoms with Crippen molar-refractivity contribution in [1.82, 2.24) is 15.1 Å². The Morgan fingerprint density at radius 1 is 1.15 bits per heavy atom. The molecule has 2 heterocycles. The second kappa shape index (κ2) is 8.45. The minimum Gasteiger partial charge on any atom is -0.465 e. The summed E-state index contributed by atoms with van der Waals surface area (Å²) in [5.74, 6) is 2.13. The number of nitrogens with one attached hydrogen (secondary N) is 1. The molecular weight excluding hydrogens is 250 g/mol. The zero-order chi connectivity index (χ0) is 14.2. The molecule has 0 aliphatic carbocycles. The van der Waals surface area contributed by atoms with E-state index in [0.29, 0.717) is 0 Å². The summed E-state index contributed by atoms with van der Waals surface area (Å²) in [6.45, 7) is 10.2. The van der Waals surface area contributed by atoms with E-state index in [-0.39, 0.29) is 0 Å². The monoisotopic (exact) mass is 279 g/mol. The maximum absolute atomic E-state index is 5.68. The second-order valence-electron chi connectivity index (χ2n) is 5.75. The van der Waals surface area contributed by atoms with Gasteiger partial charge in [0.05, 0.1) is 6.54 Å². The number of aryl methyl sites for hydroxylation is 1. The van der Waals surface area contributed by atoms with Gasteiger partial charge in [-0.15, -0.1) is 0 Å². The van der Waals surface area contributed by atoms with E-state index in [0.717, 1.165) is 31.0 Å². The summed E-state index contributed by atoms with van der Waals surface area (Å²) in [6, 6.07) is 4.15. The Hall–Kier alpha value is -0.840. The highest BCUT2D eigenvalue weighted by Gasteiger charge is 2.11. The van der Waals surface area contributed by atoms with E-state index in [4.69, 9.17) is 4.42 Å². The summed E-state index contributed by atoms with van der Waals surface area (Å²) in [6.07, 6.45) is 3.49. The fourth-order valence-electron chi connectivity index (χ4n) is 2.67. The Labute approximate surface area is 123 Å². The van der Waals surface area contributed by atoms with E-state index < -0.39 is 0 Å². The van der Waals surface area contributed by atoms with Crippen LogP contribution in [0.15, 0.2) is 16.5 Å². The van der Waals surface area contributed by atoms with Crippen LogP contribution in [0.1, 0.15) is 31.3 Å².